The first-order valence-electron chi connectivity index (χ1n) is 11.2. The average Bonchev–Trinajstić information content (AvgIpc) is 3.18. The molecular formula is C23H28N4O3. The van der Waals surface area contributed by atoms with Gasteiger partial charge >= 0.3 is 6.09 Å². The largest absolute Gasteiger partial charge is 0.446 e. The fourth-order valence-corrected chi connectivity index (χ4v) is 6.68. The Kier molecular flexibility index (Phi) is 4.17. The third-order valence-electron chi connectivity index (χ3n) is 7.72. The molecule has 1 aromatic heterocycles. The lowest BCUT2D eigenvalue weighted by Crippen LogP contribution is -2.58. The summed E-state index contributed by atoms with van der Waals surface area (Å²) in [7, 11) is 0. The Morgan fingerprint density at radius 2 is 1.97 bits per heavy atom. The van der Waals surface area contributed by atoms with Crippen molar-refractivity contribution in [3.8, 4) is 0 Å². The van der Waals surface area contributed by atoms with E-state index in [1.165, 1.54) is 0 Å². The summed E-state index contributed by atoms with van der Waals surface area (Å²) in [6, 6.07) is 8.09. The minimum Gasteiger partial charge on any atom is -0.446 e. The van der Waals surface area contributed by atoms with E-state index in [-0.39, 0.29) is 18.2 Å². The van der Waals surface area contributed by atoms with Crippen LogP contribution in [0.5, 0.6) is 0 Å². The van der Waals surface area contributed by atoms with E-state index in [1.807, 2.05) is 29.2 Å². The predicted octanol–water partition coefficient (Wildman–Crippen LogP) is 3.19. The van der Waals surface area contributed by atoms with Crippen molar-refractivity contribution in [3.05, 3.63) is 30.6 Å². The number of likely N-dealkylation sites (tertiary alicyclic amines) is 1. The molecule has 1 amide bonds. The van der Waals surface area contributed by atoms with Gasteiger partial charge in [0.15, 0.2) is 0 Å². The molecule has 5 aliphatic rings. The topological polar surface area (TPSA) is 87.6 Å². The molecule has 158 valence electrons. The minimum absolute atomic E-state index is 0.0212. The van der Waals surface area contributed by atoms with Gasteiger partial charge in [0.05, 0.1) is 11.1 Å². The Balaban J connectivity index is 1.10. The third-order valence-corrected chi connectivity index (χ3v) is 7.72. The summed E-state index contributed by atoms with van der Waals surface area (Å²) in [5, 5.41) is 15.2. The number of ether oxygens (including phenoxy) is 1. The Bertz CT molecular complexity index is 961. The van der Waals surface area contributed by atoms with Gasteiger partial charge < -0.3 is 20.1 Å². The molecule has 1 aliphatic heterocycles. The molecule has 0 spiro atoms. The van der Waals surface area contributed by atoms with Crippen molar-refractivity contribution in [1.82, 2.24) is 14.9 Å². The molecule has 1 saturated heterocycles. The Labute approximate surface area is 175 Å². The number of nitrogens with zero attached hydrogens (tertiary/aromatic N) is 3. The number of rotatable bonds is 3. The summed E-state index contributed by atoms with van der Waals surface area (Å²) in [6.45, 7) is 1.31. The van der Waals surface area contributed by atoms with Crippen LogP contribution in [0, 0.1) is 17.8 Å². The maximum Gasteiger partial charge on any atom is 0.410 e. The second kappa shape index (κ2) is 6.80. The van der Waals surface area contributed by atoms with Crippen LogP contribution in [0.4, 0.5) is 10.6 Å². The molecule has 5 unspecified atom stereocenters. The number of aliphatic hydroxyl groups is 1. The quantitative estimate of drug-likeness (QED) is 0.811. The Hall–Kier alpha value is -2.41. The minimum atomic E-state index is -0.498. The predicted molar refractivity (Wildman–Crippen MR) is 112 cm³/mol. The smallest absolute Gasteiger partial charge is 0.410 e. The number of nitrogens with one attached hydrogen (secondary N) is 1. The van der Waals surface area contributed by atoms with Crippen molar-refractivity contribution in [2.24, 2.45) is 17.8 Å². The number of hydrogen-bond donors (Lipinski definition) is 2. The molecule has 7 rings (SSSR count). The van der Waals surface area contributed by atoms with Crippen molar-refractivity contribution in [2.75, 3.05) is 18.4 Å². The van der Waals surface area contributed by atoms with E-state index in [1.54, 1.807) is 6.33 Å². The van der Waals surface area contributed by atoms with Crippen LogP contribution in [0.25, 0.3) is 10.9 Å². The summed E-state index contributed by atoms with van der Waals surface area (Å²) in [5.41, 5.74) is 0.412. The molecule has 5 fully saturated rings. The lowest BCUT2D eigenvalue weighted by Gasteiger charge is -2.57. The molecule has 4 aliphatic carbocycles. The lowest BCUT2D eigenvalue weighted by molar-refractivity contribution is -0.177. The highest BCUT2D eigenvalue weighted by Gasteiger charge is 2.56. The maximum atomic E-state index is 12.9. The molecule has 30 heavy (non-hydrogen) atoms. The number of aromatic nitrogens is 2. The van der Waals surface area contributed by atoms with Crippen molar-refractivity contribution >= 4 is 22.8 Å². The molecule has 4 bridgehead atoms. The molecule has 0 radical (unpaired) electrons. The zero-order valence-corrected chi connectivity index (χ0v) is 17.0. The van der Waals surface area contributed by atoms with E-state index in [2.05, 4.69) is 15.3 Å². The van der Waals surface area contributed by atoms with Crippen molar-refractivity contribution < 1.29 is 14.6 Å². The number of carbonyl (C=O) groups excluding carboxylic acids is 1. The van der Waals surface area contributed by atoms with E-state index in [4.69, 9.17) is 4.74 Å². The van der Waals surface area contributed by atoms with Crippen LogP contribution in [-0.2, 0) is 4.74 Å². The van der Waals surface area contributed by atoms with Gasteiger partial charge in [0.2, 0.25) is 0 Å². The fraction of sp³-hybridized carbons (Fsp3) is 0.609. The van der Waals surface area contributed by atoms with Gasteiger partial charge in [-0.3, -0.25) is 0 Å². The summed E-state index contributed by atoms with van der Waals surface area (Å²) >= 11 is 0. The van der Waals surface area contributed by atoms with Gasteiger partial charge in [0.1, 0.15) is 18.2 Å². The number of para-hydroxylation sites is 1. The normalized spacial score (nSPS) is 37.0. The third kappa shape index (κ3) is 3.11. The van der Waals surface area contributed by atoms with Gasteiger partial charge in [-0.15, -0.1) is 0 Å². The molecule has 2 N–H and O–H groups in total. The monoisotopic (exact) mass is 408 g/mol. The molecule has 7 nitrogen and oxygen atoms in total. The van der Waals surface area contributed by atoms with Crippen LogP contribution in [0.3, 0.4) is 0 Å². The Morgan fingerprint density at radius 1 is 1.17 bits per heavy atom. The number of carbonyl (C=O) groups is 1. The number of anilines is 1. The van der Waals surface area contributed by atoms with Crippen LogP contribution in [0.1, 0.15) is 38.5 Å². The zero-order chi connectivity index (χ0) is 20.3. The Morgan fingerprint density at radius 3 is 2.77 bits per heavy atom. The molecule has 2 heterocycles. The molecular weight excluding hydrogens is 380 g/mol. The highest BCUT2D eigenvalue weighted by atomic mass is 16.6. The van der Waals surface area contributed by atoms with Crippen molar-refractivity contribution in [3.63, 3.8) is 0 Å². The first-order valence-corrected chi connectivity index (χ1v) is 11.2. The van der Waals surface area contributed by atoms with E-state index in [0.717, 1.165) is 55.2 Å². The maximum absolute atomic E-state index is 12.9. The molecule has 2 aromatic rings. The standard InChI is InChI=1S/C23H28N4O3/c28-22(30-20-15-7-14-8-16(20)11-23(29,9-14)10-15)27-6-5-17(12-27)26-21-18-3-1-2-4-19(18)24-13-25-21/h1-4,13-17,20,29H,5-12H2,(H,24,25,26)/t14?,15-,16?,17?,20?,23?/m1/s1. The summed E-state index contributed by atoms with van der Waals surface area (Å²) < 4.78 is 6.05. The highest BCUT2D eigenvalue weighted by molar-refractivity contribution is 5.88. The van der Waals surface area contributed by atoms with Crippen LogP contribution in [-0.4, -0.2) is 56.9 Å². The average molecular weight is 409 g/mol. The second-order valence-corrected chi connectivity index (χ2v) is 9.86. The van der Waals surface area contributed by atoms with Gasteiger partial charge in [0.25, 0.3) is 0 Å². The fourth-order valence-electron chi connectivity index (χ4n) is 6.68. The number of amides is 1. The van der Waals surface area contributed by atoms with Gasteiger partial charge in [0, 0.05) is 24.5 Å². The number of hydrogen-bond acceptors (Lipinski definition) is 6. The number of benzene rings is 1. The van der Waals surface area contributed by atoms with E-state index in [9.17, 15) is 9.90 Å². The van der Waals surface area contributed by atoms with Gasteiger partial charge in [-0.25, -0.2) is 14.8 Å². The molecule has 1 aromatic carbocycles. The summed E-state index contributed by atoms with van der Waals surface area (Å²) in [5.74, 6) is 2.09. The first kappa shape index (κ1) is 18.4. The van der Waals surface area contributed by atoms with E-state index >= 15 is 0 Å². The lowest BCUT2D eigenvalue weighted by atomic mass is 9.53. The summed E-state index contributed by atoms with van der Waals surface area (Å²) in [6.07, 6.45) is 6.95. The summed E-state index contributed by atoms with van der Waals surface area (Å²) in [4.78, 5) is 23.5. The molecule has 6 atom stereocenters. The van der Waals surface area contributed by atoms with Crippen molar-refractivity contribution in [2.45, 2.75) is 56.3 Å². The SMILES string of the molecule is O=C(OC1C2CC3C[C@@H]1CC(O)(C3)C2)N1CCC(Nc2ncnc3ccccc23)C1. The number of fused-ring (bicyclic) bond motifs is 1. The van der Waals surface area contributed by atoms with Crippen LogP contribution in [0.15, 0.2) is 30.6 Å². The molecule has 7 heteroatoms. The van der Waals surface area contributed by atoms with E-state index < -0.39 is 5.60 Å². The molecule has 4 saturated carbocycles. The van der Waals surface area contributed by atoms with Gasteiger partial charge in [-0.1, -0.05) is 12.1 Å². The van der Waals surface area contributed by atoms with Crippen LogP contribution >= 0.6 is 0 Å². The zero-order valence-electron chi connectivity index (χ0n) is 17.0. The highest BCUT2D eigenvalue weighted by Crippen LogP contribution is 2.56. The van der Waals surface area contributed by atoms with Gasteiger partial charge in [-0.2, -0.15) is 0 Å². The van der Waals surface area contributed by atoms with Crippen molar-refractivity contribution in [1.29, 1.82) is 0 Å². The van der Waals surface area contributed by atoms with Gasteiger partial charge in [-0.05, 0) is 68.4 Å². The first-order chi connectivity index (χ1) is 14.6. The van der Waals surface area contributed by atoms with Crippen LogP contribution < -0.4 is 5.32 Å². The van der Waals surface area contributed by atoms with Crippen LogP contribution in [0.2, 0.25) is 0 Å². The van der Waals surface area contributed by atoms with E-state index in [0.29, 0.717) is 30.8 Å². The second-order valence-electron chi connectivity index (χ2n) is 9.86.